The van der Waals surface area contributed by atoms with Gasteiger partial charge in [0.1, 0.15) is 6.54 Å². The molecule has 2 amide bonds. The zero-order valence-corrected chi connectivity index (χ0v) is 15.9. The Morgan fingerprint density at radius 3 is 2.14 bits per heavy atom. The minimum Gasteiger partial charge on any atom is -0.480 e. The van der Waals surface area contributed by atoms with E-state index in [1.54, 1.807) is 36.4 Å². The summed E-state index contributed by atoms with van der Waals surface area (Å²) in [5.41, 5.74) is 2.85. The molecule has 7 nitrogen and oxygen atoms in total. The Kier molecular flexibility index (Phi) is 7.71. The van der Waals surface area contributed by atoms with Gasteiger partial charge in [-0.1, -0.05) is 24.3 Å². The van der Waals surface area contributed by atoms with Crippen molar-refractivity contribution >= 4 is 23.5 Å². The van der Waals surface area contributed by atoms with E-state index >= 15 is 0 Å². The van der Waals surface area contributed by atoms with Crippen LogP contribution in [0, 0.1) is 0 Å². The standard InChI is InChI=1S/C21H24N2O5/c1-14(2)28-13-16-3-7-17(8-4-16)21(27)23-18-9-5-15(6-10-18)11-19(24)22-12-20(25)26/h3-10,14H,11-13H2,1-2H3,(H,22,24)(H,23,27)(H,25,26). The van der Waals surface area contributed by atoms with Gasteiger partial charge in [0.25, 0.3) is 5.91 Å². The van der Waals surface area contributed by atoms with Crippen LogP contribution in [0.1, 0.15) is 35.3 Å². The predicted octanol–water partition coefficient (Wildman–Crippen LogP) is 2.61. The van der Waals surface area contributed by atoms with E-state index in [-0.39, 0.29) is 24.3 Å². The van der Waals surface area contributed by atoms with Crippen molar-refractivity contribution in [1.29, 1.82) is 0 Å². The third-order valence-corrected chi connectivity index (χ3v) is 3.81. The molecule has 0 aliphatic heterocycles. The number of carboxylic acids is 1. The number of anilines is 1. The molecule has 3 N–H and O–H groups in total. The summed E-state index contributed by atoms with van der Waals surface area (Å²) in [5, 5.41) is 13.6. The Balaban J connectivity index is 1.88. The van der Waals surface area contributed by atoms with Gasteiger partial charge in [-0.3, -0.25) is 14.4 Å². The summed E-state index contributed by atoms with van der Waals surface area (Å²) in [6, 6.07) is 14.0. The van der Waals surface area contributed by atoms with Gasteiger partial charge in [0.05, 0.1) is 19.1 Å². The zero-order valence-electron chi connectivity index (χ0n) is 15.9. The van der Waals surface area contributed by atoms with Crippen LogP contribution < -0.4 is 10.6 Å². The fourth-order valence-electron chi connectivity index (χ4n) is 2.35. The zero-order chi connectivity index (χ0) is 20.5. The fraction of sp³-hybridized carbons (Fsp3) is 0.286. The van der Waals surface area contributed by atoms with Crippen LogP contribution in [0.3, 0.4) is 0 Å². The quantitative estimate of drug-likeness (QED) is 0.616. The van der Waals surface area contributed by atoms with Gasteiger partial charge in [0, 0.05) is 11.3 Å². The molecule has 0 heterocycles. The Labute approximate surface area is 163 Å². The Bertz CT molecular complexity index is 814. The molecule has 7 heteroatoms. The van der Waals surface area contributed by atoms with Crippen molar-refractivity contribution < 1.29 is 24.2 Å². The Morgan fingerprint density at radius 1 is 0.964 bits per heavy atom. The van der Waals surface area contributed by atoms with E-state index in [0.717, 1.165) is 11.1 Å². The van der Waals surface area contributed by atoms with Gasteiger partial charge in [0.15, 0.2) is 0 Å². The number of nitrogens with one attached hydrogen (secondary N) is 2. The van der Waals surface area contributed by atoms with Crippen LogP contribution in [0.4, 0.5) is 5.69 Å². The van der Waals surface area contributed by atoms with E-state index < -0.39 is 12.5 Å². The summed E-state index contributed by atoms with van der Waals surface area (Å²) in [7, 11) is 0. The predicted molar refractivity (Wildman–Crippen MR) is 105 cm³/mol. The highest BCUT2D eigenvalue weighted by Gasteiger charge is 2.08. The number of rotatable bonds is 9. The first kappa shape index (κ1) is 21.1. The molecule has 2 rings (SSSR count). The average molecular weight is 384 g/mol. The smallest absolute Gasteiger partial charge is 0.322 e. The Hall–Kier alpha value is -3.19. The van der Waals surface area contributed by atoms with E-state index in [1.807, 2.05) is 26.0 Å². The maximum Gasteiger partial charge on any atom is 0.322 e. The highest BCUT2D eigenvalue weighted by atomic mass is 16.5. The number of amides is 2. The molecule has 0 bridgehead atoms. The second kappa shape index (κ2) is 10.2. The summed E-state index contributed by atoms with van der Waals surface area (Å²) < 4.78 is 5.53. The normalized spacial score (nSPS) is 10.5. The van der Waals surface area contributed by atoms with Gasteiger partial charge in [0.2, 0.25) is 5.91 Å². The molecule has 2 aromatic carbocycles. The maximum atomic E-state index is 12.3. The highest BCUT2D eigenvalue weighted by Crippen LogP contribution is 2.13. The van der Waals surface area contributed by atoms with Crippen LogP contribution in [-0.4, -0.2) is 35.5 Å². The van der Waals surface area contributed by atoms with E-state index in [9.17, 15) is 14.4 Å². The van der Waals surface area contributed by atoms with Gasteiger partial charge >= 0.3 is 5.97 Å². The number of hydrogen-bond donors (Lipinski definition) is 3. The van der Waals surface area contributed by atoms with Crippen molar-refractivity contribution in [3.05, 3.63) is 65.2 Å². The first-order chi connectivity index (χ1) is 13.3. The van der Waals surface area contributed by atoms with Gasteiger partial charge < -0.3 is 20.5 Å². The van der Waals surface area contributed by atoms with Crippen molar-refractivity contribution in [2.45, 2.75) is 33.0 Å². The van der Waals surface area contributed by atoms with Crippen molar-refractivity contribution in [2.24, 2.45) is 0 Å². The number of carbonyl (C=O) groups is 3. The molecule has 0 atom stereocenters. The largest absolute Gasteiger partial charge is 0.480 e. The van der Waals surface area contributed by atoms with Gasteiger partial charge in [-0.25, -0.2) is 0 Å². The minimum absolute atomic E-state index is 0.0708. The number of aliphatic carboxylic acids is 1. The van der Waals surface area contributed by atoms with Crippen molar-refractivity contribution in [3.63, 3.8) is 0 Å². The molecule has 0 aliphatic rings. The molecular weight excluding hydrogens is 360 g/mol. The van der Waals surface area contributed by atoms with Gasteiger partial charge in [-0.2, -0.15) is 0 Å². The van der Waals surface area contributed by atoms with E-state index in [2.05, 4.69) is 10.6 Å². The van der Waals surface area contributed by atoms with E-state index in [1.165, 1.54) is 0 Å². The molecule has 148 valence electrons. The summed E-state index contributed by atoms with van der Waals surface area (Å²) in [4.78, 5) is 34.4. The lowest BCUT2D eigenvalue weighted by Crippen LogP contribution is -2.30. The van der Waals surface area contributed by atoms with Gasteiger partial charge in [-0.15, -0.1) is 0 Å². The molecular formula is C21H24N2O5. The molecule has 0 saturated carbocycles. The summed E-state index contributed by atoms with van der Waals surface area (Å²) in [6.45, 7) is 4.03. The van der Waals surface area contributed by atoms with Crippen molar-refractivity contribution in [2.75, 3.05) is 11.9 Å². The summed E-state index contributed by atoms with van der Waals surface area (Å²) >= 11 is 0. The first-order valence-corrected chi connectivity index (χ1v) is 8.93. The van der Waals surface area contributed by atoms with E-state index in [0.29, 0.717) is 17.9 Å². The molecule has 0 aromatic heterocycles. The lowest BCUT2D eigenvalue weighted by Gasteiger charge is -2.09. The molecule has 0 fully saturated rings. The molecule has 0 saturated heterocycles. The first-order valence-electron chi connectivity index (χ1n) is 8.93. The second-order valence-electron chi connectivity index (χ2n) is 6.55. The number of hydrogen-bond acceptors (Lipinski definition) is 4. The minimum atomic E-state index is -1.09. The molecule has 0 radical (unpaired) electrons. The van der Waals surface area contributed by atoms with Crippen molar-refractivity contribution in [1.82, 2.24) is 5.32 Å². The number of benzene rings is 2. The Morgan fingerprint density at radius 2 is 1.57 bits per heavy atom. The van der Waals surface area contributed by atoms with Crippen LogP contribution >= 0.6 is 0 Å². The maximum absolute atomic E-state index is 12.3. The summed E-state index contributed by atoms with van der Waals surface area (Å²) in [5.74, 6) is -1.70. The second-order valence-corrected chi connectivity index (χ2v) is 6.55. The third kappa shape index (κ3) is 7.20. The van der Waals surface area contributed by atoms with Crippen LogP contribution in [-0.2, 0) is 27.4 Å². The molecule has 0 aliphatic carbocycles. The third-order valence-electron chi connectivity index (χ3n) is 3.81. The van der Waals surface area contributed by atoms with Gasteiger partial charge in [-0.05, 0) is 49.2 Å². The van der Waals surface area contributed by atoms with Crippen LogP contribution in [0.15, 0.2) is 48.5 Å². The average Bonchev–Trinajstić information content (AvgIpc) is 2.66. The number of carboxylic acid groups (broad SMARTS) is 1. The number of ether oxygens (including phenoxy) is 1. The van der Waals surface area contributed by atoms with Crippen LogP contribution in [0.5, 0.6) is 0 Å². The summed E-state index contributed by atoms with van der Waals surface area (Å²) in [6.07, 6.45) is 0.218. The van der Waals surface area contributed by atoms with Crippen molar-refractivity contribution in [3.8, 4) is 0 Å². The molecule has 2 aromatic rings. The van der Waals surface area contributed by atoms with E-state index in [4.69, 9.17) is 9.84 Å². The molecule has 28 heavy (non-hydrogen) atoms. The topological polar surface area (TPSA) is 105 Å². The van der Waals surface area contributed by atoms with Crippen LogP contribution in [0.25, 0.3) is 0 Å². The monoisotopic (exact) mass is 384 g/mol. The number of carbonyl (C=O) groups excluding carboxylic acids is 2. The lowest BCUT2D eigenvalue weighted by molar-refractivity contribution is -0.137. The lowest BCUT2D eigenvalue weighted by atomic mass is 10.1. The SMILES string of the molecule is CC(C)OCc1ccc(C(=O)Nc2ccc(CC(=O)NCC(=O)O)cc2)cc1. The molecule has 0 spiro atoms. The molecule has 0 unspecified atom stereocenters. The van der Waals surface area contributed by atoms with Crippen LogP contribution in [0.2, 0.25) is 0 Å². The highest BCUT2D eigenvalue weighted by molar-refractivity contribution is 6.04. The fourth-order valence-corrected chi connectivity index (χ4v) is 2.35.